The summed E-state index contributed by atoms with van der Waals surface area (Å²) in [6, 6.07) is 9.92. The van der Waals surface area contributed by atoms with Gasteiger partial charge in [-0.3, -0.25) is 0 Å². The number of benzene rings is 1. The molecule has 0 bridgehead atoms. The zero-order chi connectivity index (χ0) is 11.6. The summed E-state index contributed by atoms with van der Waals surface area (Å²) in [5.74, 6) is 0.170. The molecule has 2 rings (SSSR count). The van der Waals surface area contributed by atoms with Crippen LogP contribution in [-0.2, 0) is 10.4 Å². The Labute approximate surface area is 96.6 Å². The fourth-order valence-electron chi connectivity index (χ4n) is 2.41. The summed E-state index contributed by atoms with van der Waals surface area (Å²) in [5.41, 5.74) is 0.300. The summed E-state index contributed by atoms with van der Waals surface area (Å²) in [4.78, 5) is 5.21. The SMILES string of the molecule is CON1CC[C@@](O)(c2ccccc2)[C@H](C)C1. The molecule has 0 radical (unpaired) electrons. The van der Waals surface area contributed by atoms with Crippen molar-refractivity contribution in [3.63, 3.8) is 0 Å². The maximum absolute atomic E-state index is 10.7. The van der Waals surface area contributed by atoms with Gasteiger partial charge in [-0.25, -0.2) is 0 Å². The van der Waals surface area contributed by atoms with Crippen molar-refractivity contribution < 1.29 is 9.94 Å². The van der Waals surface area contributed by atoms with E-state index >= 15 is 0 Å². The van der Waals surface area contributed by atoms with Gasteiger partial charge in [0, 0.05) is 19.0 Å². The van der Waals surface area contributed by atoms with E-state index in [4.69, 9.17) is 4.84 Å². The number of nitrogens with zero attached hydrogens (tertiary/aromatic N) is 1. The third kappa shape index (κ3) is 1.98. The molecule has 1 aliphatic rings. The minimum Gasteiger partial charge on any atom is -0.385 e. The maximum Gasteiger partial charge on any atom is 0.0948 e. The molecule has 1 aromatic rings. The molecular formula is C13H19NO2. The lowest BCUT2D eigenvalue weighted by molar-refractivity contribution is -0.196. The average molecular weight is 221 g/mol. The monoisotopic (exact) mass is 221 g/mol. The molecule has 0 unspecified atom stereocenters. The van der Waals surface area contributed by atoms with Gasteiger partial charge in [-0.2, -0.15) is 5.06 Å². The highest BCUT2D eigenvalue weighted by molar-refractivity contribution is 5.23. The van der Waals surface area contributed by atoms with E-state index in [9.17, 15) is 5.11 Å². The number of aliphatic hydroxyl groups is 1. The molecule has 88 valence electrons. The summed E-state index contributed by atoms with van der Waals surface area (Å²) in [6.07, 6.45) is 0.714. The third-order valence-electron chi connectivity index (χ3n) is 3.57. The van der Waals surface area contributed by atoms with Crippen LogP contribution in [0.1, 0.15) is 18.9 Å². The Kier molecular flexibility index (Phi) is 3.28. The van der Waals surface area contributed by atoms with Crippen LogP contribution in [0.25, 0.3) is 0 Å². The number of piperidine rings is 1. The standard InChI is InChI=1S/C13H19NO2/c1-11-10-14(16-2)9-8-13(11,15)12-6-4-3-5-7-12/h3-7,11,15H,8-10H2,1-2H3/t11-,13+/m1/s1. The number of rotatable bonds is 2. The van der Waals surface area contributed by atoms with Gasteiger partial charge in [0.05, 0.1) is 12.7 Å². The van der Waals surface area contributed by atoms with Crippen molar-refractivity contribution in [2.75, 3.05) is 20.2 Å². The Hall–Kier alpha value is -0.900. The smallest absolute Gasteiger partial charge is 0.0948 e. The molecule has 1 N–H and O–H groups in total. The van der Waals surface area contributed by atoms with Crippen LogP contribution < -0.4 is 0 Å². The predicted octanol–water partition coefficient (Wildman–Crippen LogP) is 1.78. The molecule has 1 aliphatic heterocycles. The Morgan fingerprint density at radius 1 is 1.38 bits per heavy atom. The second-order valence-corrected chi connectivity index (χ2v) is 4.51. The van der Waals surface area contributed by atoms with Gasteiger partial charge in [-0.05, 0) is 12.0 Å². The van der Waals surface area contributed by atoms with Crippen molar-refractivity contribution >= 4 is 0 Å². The molecule has 16 heavy (non-hydrogen) atoms. The molecule has 2 atom stereocenters. The van der Waals surface area contributed by atoms with Crippen molar-refractivity contribution in [1.82, 2.24) is 5.06 Å². The van der Waals surface area contributed by atoms with Gasteiger partial charge in [-0.15, -0.1) is 0 Å². The average Bonchev–Trinajstić information content (AvgIpc) is 2.34. The maximum atomic E-state index is 10.7. The first kappa shape index (κ1) is 11.6. The van der Waals surface area contributed by atoms with Gasteiger partial charge in [0.1, 0.15) is 0 Å². The van der Waals surface area contributed by atoms with Crippen LogP contribution in [0.3, 0.4) is 0 Å². The van der Waals surface area contributed by atoms with E-state index in [0.717, 1.165) is 18.7 Å². The second-order valence-electron chi connectivity index (χ2n) is 4.51. The molecule has 0 spiro atoms. The van der Waals surface area contributed by atoms with E-state index in [1.54, 1.807) is 7.11 Å². The van der Waals surface area contributed by atoms with Gasteiger partial charge >= 0.3 is 0 Å². The van der Waals surface area contributed by atoms with Crippen molar-refractivity contribution in [1.29, 1.82) is 0 Å². The molecule has 0 aliphatic carbocycles. The van der Waals surface area contributed by atoms with E-state index in [1.165, 1.54) is 0 Å². The molecule has 1 saturated heterocycles. The number of hydroxylamine groups is 2. The summed E-state index contributed by atoms with van der Waals surface area (Å²) in [7, 11) is 1.68. The van der Waals surface area contributed by atoms with Crippen LogP contribution >= 0.6 is 0 Å². The van der Waals surface area contributed by atoms with Gasteiger partial charge in [-0.1, -0.05) is 37.3 Å². The summed E-state index contributed by atoms with van der Waals surface area (Å²) in [6.45, 7) is 3.60. The highest BCUT2D eigenvalue weighted by atomic mass is 16.7. The molecule has 1 fully saturated rings. The number of hydrogen-bond donors (Lipinski definition) is 1. The van der Waals surface area contributed by atoms with Gasteiger partial charge in [0.25, 0.3) is 0 Å². The highest BCUT2D eigenvalue weighted by Gasteiger charge is 2.40. The van der Waals surface area contributed by atoms with E-state index in [1.807, 2.05) is 35.4 Å². The zero-order valence-corrected chi connectivity index (χ0v) is 9.89. The van der Waals surface area contributed by atoms with E-state index in [-0.39, 0.29) is 5.92 Å². The normalized spacial score (nSPS) is 31.6. The van der Waals surface area contributed by atoms with Crippen molar-refractivity contribution in [2.45, 2.75) is 18.9 Å². The third-order valence-corrected chi connectivity index (χ3v) is 3.57. The second kappa shape index (κ2) is 4.53. The van der Waals surface area contributed by atoms with E-state index in [2.05, 4.69) is 6.92 Å². The first-order valence-electron chi connectivity index (χ1n) is 5.74. The molecule has 0 aromatic heterocycles. The highest BCUT2D eigenvalue weighted by Crippen LogP contribution is 2.36. The molecule has 1 heterocycles. The Balaban J connectivity index is 2.20. The van der Waals surface area contributed by atoms with Crippen LogP contribution in [0.15, 0.2) is 30.3 Å². The lowest BCUT2D eigenvalue weighted by atomic mass is 9.77. The minimum atomic E-state index is -0.712. The summed E-state index contributed by atoms with van der Waals surface area (Å²) < 4.78 is 0. The van der Waals surface area contributed by atoms with Crippen LogP contribution in [0.2, 0.25) is 0 Å². The first-order chi connectivity index (χ1) is 7.66. The van der Waals surface area contributed by atoms with Crippen LogP contribution in [0.4, 0.5) is 0 Å². The van der Waals surface area contributed by atoms with Gasteiger partial charge < -0.3 is 9.94 Å². The quantitative estimate of drug-likeness (QED) is 0.826. The van der Waals surface area contributed by atoms with Crippen LogP contribution in [-0.4, -0.2) is 30.4 Å². The van der Waals surface area contributed by atoms with Crippen LogP contribution in [0.5, 0.6) is 0 Å². The van der Waals surface area contributed by atoms with Gasteiger partial charge in [0.15, 0.2) is 0 Å². The lowest BCUT2D eigenvalue weighted by Crippen LogP contribution is -2.48. The fraction of sp³-hybridized carbons (Fsp3) is 0.538. The van der Waals surface area contributed by atoms with Gasteiger partial charge in [0.2, 0.25) is 0 Å². The molecule has 1 aromatic carbocycles. The Morgan fingerprint density at radius 3 is 2.62 bits per heavy atom. The number of hydrogen-bond acceptors (Lipinski definition) is 3. The molecule has 0 amide bonds. The van der Waals surface area contributed by atoms with E-state index in [0.29, 0.717) is 6.42 Å². The summed E-state index contributed by atoms with van der Waals surface area (Å²) >= 11 is 0. The predicted molar refractivity (Wildman–Crippen MR) is 62.7 cm³/mol. The Bertz CT molecular complexity index is 341. The molecule has 0 saturated carbocycles. The molecular weight excluding hydrogens is 202 g/mol. The van der Waals surface area contributed by atoms with E-state index < -0.39 is 5.60 Å². The zero-order valence-electron chi connectivity index (χ0n) is 9.89. The minimum absolute atomic E-state index is 0.170. The molecule has 3 nitrogen and oxygen atoms in total. The van der Waals surface area contributed by atoms with Crippen molar-refractivity contribution in [2.24, 2.45) is 5.92 Å². The fourth-order valence-corrected chi connectivity index (χ4v) is 2.41. The Morgan fingerprint density at radius 2 is 2.06 bits per heavy atom. The van der Waals surface area contributed by atoms with Crippen LogP contribution in [0, 0.1) is 5.92 Å². The molecule has 3 heteroatoms. The largest absolute Gasteiger partial charge is 0.385 e. The van der Waals surface area contributed by atoms with Crippen molar-refractivity contribution in [3.8, 4) is 0 Å². The summed E-state index contributed by atoms with van der Waals surface area (Å²) in [5, 5.41) is 12.6. The topological polar surface area (TPSA) is 32.7 Å². The lowest BCUT2D eigenvalue weighted by Gasteiger charge is -2.42. The first-order valence-corrected chi connectivity index (χ1v) is 5.74. The van der Waals surface area contributed by atoms with Crippen molar-refractivity contribution in [3.05, 3.63) is 35.9 Å².